The van der Waals surface area contributed by atoms with Crippen molar-refractivity contribution >= 4 is 46.6 Å². The number of nitrogens with two attached hydrogens (primary N) is 1. The van der Waals surface area contributed by atoms with Crippen LogP contribution in [0.4, 0.5) is 11.4 Å². The molecule has 0 atom stereocenters. The average Bonchev–Trinajstić information content (AvgIpc) is 2.82. The molecule has 4 rings (SSSR count). The number of carbonyl (C=O) groups is 2. The van der Waals surface area contributed by atoms with E-state index in [1.807, 2.05) is 0 Å². The molecule has 2 heterocycles. The molecule has 9 nitrogen and oxygen atoms in total. The Morgan fingerprint density at radius 2 is 1.97 bits per heavy atom. The van der Waals surface area contributed by atoms with Crippen molar-refractivity contribution in [1.82, 2.24) is 10.2 Å². The van der Waals surface area contributed by atoms with Gasteiger partial charge in [0.05, 0.1) is 31.1 Å². The number of carbonyl (C=O) groups excluding carboxylic acids is 2. The van der Waals surface area contributed by atoms with Gasteiger partial charge in [0, 0.05) is 29.9 Å². The van der Waals surface area contributed by atoms with E-state index in [1.165, 1.54) is 35.1 Å². The van der Waals surface area contributed by atoms with Crippen LogP contribution in [0.3, 0.4) is 0 Å². The molecule has 182 valence electrons. The standard InChI is InChI=1S/C23H27N5O4S.ClH/c29-21-19(22(30)27(23(33)25-21)11-8-16-4-2-1-3-5-16)15-17-14-18(28(31)32)6-7-20(17)26-12-9-24-10-13-26;/h4,6-7,14-15,24H,1-3,5,8-13H2,(H,25,29,33);1H/b19-15-;. The number of non-ortho nitro benzene ring substituents is 1. The molecule has 2 fully saturated rings. The van der Waals surface area contributed by atoms with E-state index in [4.69, 9.17) is 12.2 Å². The van der Waals surface area contributed by atoms with Gasteiger partial charge in [-0.2, -0.15) is 0 Å². The molecular weight excluding hydrogens is 478 g/mol. The van der Waals surface area contributed by atoms with E-state index >= 15 is 0 Å². The number of nitro groups is 1. The van der Waals surface area contributed by atoms with Gasteiger partial charge in [0.15, 0.2) is 5.11 Å². The lowest BCUT2D eigenvalue weighted by molar-refractivity contribution is -0.655. The number of amides is 2. The number of rotatable bonds is 6. The largest absolute Gasteiger partial charge is 1.00 e. The second-order valence-electron chi connectivity index (χ2n) is 8.49. The van der Waals surface area contributed by atoms with Gasteiger partial charge >= 0.3 is 0 Å². The Kier molecular flexibility index (Phi) is 8.76. The summed E-state index contributed by atoms with van der Waals surface area (Å²) < 4.78 is 0. The predicted molar refractivity (Wildman–Crippen MR) is 129 cm³/mol. The Balaban J connectivity index is 0.00000324. The van der Waals surface area contributed by atoms with Crippen LogP contribution in [-0.4, -0.2) is 59.5 Å². The summed E-state index contributed by atoms with van der Waals surface area (Å²) in [7, 11) is 0. The molecule has 1 aromatic rings. The molecule has 2 amide bonds. The third kappa shape index (κ3) is 5.81. The topological polar surface area (TPSA) is 112 Å². The van der Waals surface area contributed by atoms with Crippen molar-refractivity contribution in [3.05, 3.63) is 51.1 Å². The summed E-state index contributed by atoms with van der Waals surface area (Å²) in [4.78, 5) is 40.4. The number of anilines is 1. The van der Waals surface area contributed by atoms with E-state index in [1.54, 1.807) is 6.07 Å². The Morgan fingerprint density at radius 3 is 2.65 bits per heavy atom. The molecule has 1 aromatic carbocycles. The van der Waals surface area contributed by atoms with Crippen LogP contribution < -0.4 is 27.9 Å². The van der Waals surface area contributed by atoms with Gasteiger partial charge < -0.3 is 22.6 Å². The first-order valence-corrected chi connectivity index (χ1v) is 11.8. The predicted octanol–water partition coefficient (Wildman–Crippen LogP) is -1.50. The molecule has 1 aliphatic carbocycles. The first-order chi connectivity index (χ1) is 15.9. The van der Waals surface area contributed by atoms with Crippen LogP contribution in [0, 0.1) is 10.1 Å². The third-order valence-corrected chi connectivity index (χ3v) is 6.62. The summed E-state index contributed by atoms with van der Waals surface area (Å²) in [6, 6.07) is 4.57. The molecule has 0 unspecified atom stereocenters. The molecule has 3 N–H and O–H groups in total. The molecule has 0 radical (unpaired) electrons. The van der Waals surface area contributed by atoms with Gasteiger partial charge in [-0.25, -0.2) is 0 Å². The molecule has 11 heteroatoms. The summed E-state index contributed by atoms with van der Waals surface area (Å²) in [5, 5.41) is 16.3. The summed E-state index contributed by atoms with van der Waals surface area (Å²) >= 11 is 5.27. The van der Waals surface area contributed by atoms with Crippen molar-refractivity contribution in [1.29, 1.82) is 0 Å². The lowest BCUT2D eigenvalue weighted by Gasteiger charge is -2.30. The first kappa shape index (κ1) is 25.8. The van der Waals surface area contributed by atoms with E-state index in [0.29, 0.717) is 18.5 Å². The average molecular weight is 506 g/mol. The SMILES string of the molecule is O=C1NC(=S)N(CCC2=CCCCC2)C(=O)/C1=C\c1cc([N+](=O)[O-])ccc1N1CC[NH2+]CC1.[Cl-]. The van der Waals surface area contributed by atoms with Crippen molar-refractivity contribution in [3.63, 3.8) is 0 Å². The monoisotopic (exact) mass is 505 g/mol. The highest BCUT2D eigenvalue weighted by atomic mass is 35.5. The van der Waals surface area contributed by atoms with Crippen molar-refractivity contribution in [2.75, 3.05) is 37.6 Å². The van der Waals surface area contributed by atoms with Gasteiger partial charge in [-0.3, -0.25) is 29.9 Å². The van der Waals surface area contributed by atoms with Gasteiger partial charge in [0.2, 0.25) is 0 Å². The normalized spacial score (nSPS) is 20.1. The first-order valence-electron chi connectivity index (χ1n) is 11.4. The molecule has 0 aromatic heterocycles. The number of hydrogen-bond donors (Lipinski definition) is 2. The Bertz CT molecular complexity index is 1050. The second kappa shape index (κ2) is 11.5. The van der Waals surface area contributed by atoms with Crippen LogP contribution >= 0.6 is 12.2 Å². The summed E-state index contributed by atoms with van der Waals surface area (Å²) in [6.07, 6.45) is 8.81. The number of allylic oxidation sites excluding steroid dienone is 1. The highest BCUT2D eigenvalue weighted by Gasteiger charge is 2.34. The lowest BCUT2D eigenvalue weighted by atomic mass is 9.97. The maximum Gasteiger partial charge on any atom is 0.270 e. The Morgan fingerprint density at radius 1 is 1.21 bits per heavy atom. The minimum Gasteiger partial charge on any atom is -1.00 e. The van der Waals surface area contributed by atoms with Crippen LogP contribution in [0.2, 0.25) is 0 Å². The number of hydrogen-bond acceptors (Lipinski definition) is 6. The highest BCUT2D eigenvalue weighted by Crippen LogP contribution is 2.29. The number of thiocarbonyl (C=S) groups is 1. The smallest absolute Gasteiger partial charge is 0.270 e. The number of nitro benzene ring substituents is 1. The number of halogens is 1. The minimum absolute atomic E-state index is 0. The van der Waals surface area contributed by atoms with E-state index in [2.05, 4.69) is 21.6 Å². The molecule has 0 saturated carbocycles. The van der Waals surface area contributed by atoms with Gasteiger partial charge in [0.1, 0.15) is 5.57 Å². The number of benzene rings is 1. The Hall–Kier alpha value is -2.82. The molecule has 34 heavy (non-hydrogen) atoms. The van der Waals surface area contributed by atoms with E-state index in [9.17, 15) is 19.7 Å². The van der Waals surface area contributed by atoms with Crippen molar-refractivity contribution in [2.24, 2.45) is 0 Å². The summed E-state index contributed by atoms with van der Waals surface area (Å²) in [5.74, 6) is -1.05. The van der Waals surface area contributed by atoms with Crippen LogP contribution in [0.25, 0.3) is 6.08 Å². The fraction of sp³-hybridized carbons (Fsp3) is 0.435. The van der Waals surface area contributed by atoms with Crippen LogP contribution in [0.15, 0.2) is 35.4 Å². The van der Waals surface area contributed by atoms with Crippen LogP contribution in [-0.2, 0) is 9.59 Å². The summed E-state index contributed by atoms with van der Waals surface area (Å²) in [5.41, 5.74) is 2.41. The van der Waals surface area contributed by atoms with Gasteiger partial charge in [-0.15, -0.1) is 0 Å². The molecule has 3 aliphatic rings. The quantitative estimate of drug-likeness (QED) is 0.121. The molecule has 2 aliphatic heterocycles. The zero-order chi connectivity index (χ0) is 23.4. The number of piperazine rings is 1. The lowest BCUT2D eigenvalue weighted by Crippen LogP contribution is -3.00. The molecule has 0 spiro atoms. The van der Waals surface area contributed by atoms with Gasteiger partial charge in [0.25, 0.3) is 17.5 Å². The fourth-order valence-corrected chi connectivity index (χ4v) is 4.76. The highest BCUT2D eigenvalue weighted by molar-refractivity contribution is 7.80. The van der Waals surface area contributed by atoms with Gasteiger partial charge in [-0.1, -0.05) is 11.6 Å². The number of nitrogens with zero attached hydrogens (tertiary/aromatic N) is 3. The van der Waals surface area contributed by atoms with E-state index in [0.717, 1.165) is 51.1 Å². The second-order valence-corrected chi connectivity index (χ2v) is 8.87. The zero-order valence-electron chi connectivity index (χ0n) is 18.8. The maximum atomic E-state index is 13.3. The fourth-order valence-electron chi connectivity index (χ4n) is 4.49. The molecule has 0 bridgehead atoms. The third-order valence-electron chi connectivity index (χ3n) is 6.30. The minimum atomic E-state index is -0.581. The number of nitrogens with one attached hydrogen (secondary N) is 1. The van der Waals surface area contributed by atoms with Crippen molar-refractivity contribution < 1.29 is 32.2 Å². The molecule has 2 saturated heterocycles. The van der Waals surface area contributed by atoms with Crippen molar-refractivity contribution in [2.45, 2.75) is 32.1 Å². The van der Waals surface area contributed by atoms with Gasteiger partial charge in [-0.05, 0) is 56.5 Å². The molecular formula is C23H28ClN5O4S. The van der Waals surface area contributed by atoms with Crippen molar-refractivity contribution in [3.8, 4) is 0 Å². The maximum absolute atomic E-state index is 13.3. The zero-order valence-corrected chi connectivity index (χ0v) is 20.4. The van der Waals surface area contributed by atoms with E-state index < -0.39 is 16.7 Å². The van der Waals surface area contributed by atoms with Crippen LogP contribution in [0.1, 0.15) is 37.7 Å². The Labute approximate surface area is 209 Å². The number of quaternary nitrogens is 1. The van der Waals surface area contributed by atoms with E-state index in [-0.39, 0.29) is 28.8 Å². The summed E-state index contributed by atoms with van der Waals surface area (Å²) in [6.45, 7) is 3.76. The van der Waals surface area contributed by atoms with Crippen LogP contribution in [0.5, 0.6) is 0 Å².